The molecule has 1 saturated carbocycles. The van der Waals surface area contributed by atoms with Crippen LogP contribution in [0.25, 0.3) is 0 Å². The van der Waals surface area contributed by atoms with Crippen molar-refractivity contribution in [3.63, 3.8) is 0 Å². The van der Waals surface area contributed by atoms with E-state index in [-0.39, 0.29) is 11.8 Å². The molecule has 1 heterocycles. The van der Waals surface area contributed by atoms with Crippen LogP contribution in [0.4, 0.5) is 5.82 Å². The van der Waals surface area contributed by atoms with Gasteiger partial charge in [0.05, 0.1) is 6.54 Å². The highest BCUT2D eigenvalue weighted by atomic mass is 16.1. The topological polar surface area (TPSA) is 58.1 Å². The van der Waals surface area contributed by atoms with Crippen LogP contribution in [-0.2, 0) is 11.3 Å². The van der Waals surface area contributed by atoms with E-state index in [2.05, 4.69) is 15.3 Å². The van der Waals surface area contributed by atoms with E-state index >= 15 is 0 Å². The standard InChI is InChI=1S/C12H18N4O/c1-16(2)11-6-7-13-10(15-11)8-14-12(17)9-4-3-5-9/h6-7,9H,3-5,8H2,1-2H3,(H,14,17). The normalized spacial score (nSPS) is 15.2. The summed E-state index contributed by atoms with van der Waals surface area (Å²) < 4.78 is 0. The van der Waals surface area contributed by atoms with E-state index in [9.17, 15) is 4.79 Å². The number of hydrogen-bond donors (Lipinski definition) is 1. The zero-order valence-electron chi connectivity index (χ0n) is 10.3. The molecule has 5 nitrogen and oxygen atoms in total. The molecule has 5 heteroatoms. The van der Waals surface area contributed by atoms with Crippen LogP contribution in [0.5, 0.6) is 0 Å². The van der Waals surface area contributed by atoms with E-state index < -0.39 is 0 Å². The minimum Gasteiger partial charge on any atom is -0.363 e. The van der Waals surface area contributed by atoms with Gasteiger partial charge in [-0.3, -0.25) is 4.79 Å². The minimum atomic E-state index is 0.134. The number of amides is 1. The van der Waals surface area contributed by atoms with E-state index in [1.165, 1.54) is 6.42 Å². The van der Waals surface area contributed by atoms with Gasteiger partial charge in [-0.25, -0.2) is 9.97 Å². The Kier molecular flexibility index (Phi) is 3.56. The van der Waals surface area contributed by atoms with Crippen LogP contribution >= 0.6 is 0 Å². The molecule has 1 N–H and O–H groups in total. The van der Waals surface area contributed by atoms with E-state index in [1.807, 2.05) is 25.1 Å². The third-order valence-electron chi connectivity index (χ3n) is 3.05. The Morgan fingerprint density at radius 3 is 2.88 bits per heavy atom. The quantitative estimate of drug-likeness (QED) is 0.843. The van der Waals surface area contributed by atoms with E-state index in [1.54, 1.807) is 6.20 Å². The smallest absolute Gasteiger partial charge is 0.223 e. The fourth-order valence-electron chi connectivity index (χ4n) is 1.70. The average molecular weight is 234 g/mol. The maximum atomic E-state index is 11.6. The van der Waals surface area contributed by atoms with Crippen LogP contribution in [0.15, 0.2) is 12.3 Å². The predicted molar refractivity (Wildman–Crippen MR) is 65.5 cm³/mol. The Morgan fingerprint density at radius 2 is 2.29 bits per heavy atom. The van der Waals surface area contributed by atoms with Crippen molar-refractivity contribution >= 4 is 11.7 Å². The Labute approximate surface area is 101 Å². The number of hydrogen-bond acceptors (Lipinski definition) is 4. The molecule has 0 aliphatic heterocycles. The molecule has 0 aromatic carbocycles. The first kappa shape index (κ1) is 11.8. The molecule has 1 aliphatic rings. The molecule has 2 rings (SSSR count). The molecule has 92 valence electrons. The molecule has 1 aromatic heterocycles. The first-order valence-corrected chi connectivity index (χ1v) is 5.94. The van der Waals surface area contributed by atoms with Crippen LogP contribution in [0, 0.1) is 5.92 Å². The number of aromatic nitrogens is 2. The van der Waals surface area contributed by atoms with Crippen LogP contribution in [0.3, 0.4) is 0 Å². The van der Waals surface area contributed by atoms with Gasteiger partial charge in [0.15, 0.2) is 0 Å². The molecule has 0 atom stereocenters. The largest absolute Gasteiger partial charge is 0.363 e. The summed E-state index contributed by atoms with van der Waals surface area (Å²) >= 11 is 0. The van der Waals surface area contributed by atoms with Crippen molar-refractivity contribution in [1.82, 2.24) is 15.3 Å². The first-order chi connectivity index (χ1) is 8.16. The molecule has 17 heavy (non-hydrogen) atoms. The molecule has 0 unspecified atom stereocenters. The number of carbonyl (C=O) groups excluding carboxylic acids is 1. The van der Waals surface area contributed by atoms with Crippen LogP contribution in [-0.4, -0.2) is 30.0 Å². The molecule has 0 saturated heterocycles. The zero-order valence-corrected chi connectivity index (χ0v) is 10.3. The zero-order chi connectivity index (χ0) is 12.3. The lowest BCUT2D eigenvalue weighted by Gasteiger charge is -2.23. The number of nitrogens with one attached hydrogen (secondary N) is 1. The average Bonchev–Trinajstić information content (AvgIpc) is 2.24. The lowest BCUT2D eigenvalue weighted by molar-refractivity contribution is -0.127. The molecule has 1 aliphatic carbocycles. The third kappa shape index (κ3) is 2.93. The lowest BCUT2D eigenvalue weighted by atomic mass is 9.85. The molecule has 1 amide bonds. The van der Waals surface area contributed by atoms with Gasteiger partial charge in [-0.2, -0.15) is 0 Å². The summed E-state index contributed by atoms with van der Waals surface area (Å²) in [5.74, 6) is 1.86. The van der Waals surface area contributed by atoms with E-state index in [4.69, 9.17) is 0 Å². The fourth-order valence-corrected chi connectivity index (χ4v) is 1.70. The summed E-state index contributed by atoms with van der Waals surface area (Å²) in [5.41, 5.74) is 0. The van der Waals surface area contributed by atoms with Crippen molar-refractivity contribution < 1.29 is 4.79 Å². The molecule has 0 bridgehead atoms. The second kappa shape index (κ2) is 5.12. The molecule has 1 aromatic rings. The van der Waals surface area contributed by atoms with Gasteiger partial charge in [0, 0.05) is 26.2 Å². The van der Waals surface area contributed by atoms with E-state index in [0.29, 0.717) is 12.4 Å². The van der Waals surface area contributed by atoms with Crippen LogP contribution < -0.4 is 10.2 Å². The Morgan fingerprint density at radius 1 is 1.53 bits per heavy atom. The van der Waals surface area contributed by atoms with Gasteiger partial charge in [-0.05, 0) is 18.9 Å². The van der Waals surface area contributed by atoms with Crippen LogP contribution in [0.1, 0.15) is 25.1 Å². The number of anilines is 1. The predicted octanol–water partition coefficient (Wildman–Crippen LogP) is 0.959. The van der Waals surface area contributed by atoms with Crippen LogP contribution in [0.2, 0.25) is 0 Å². The molecular weight excluding hydrogens is 216 g/mol. The number of carbonyl (C=O) groups is 1. The maximum absolute atomic E-state index is 11.6. The van der Waals surface area contributed by atoms with Gasteiger partial charge in [0.2, 0.25) is 5.91 Å². The summed E-state index contributed by atoms with van der Waals surface area (Å²) in [7, 11) is 3.86. The SMILES string of the molecule is CN(C)c1ccnc(CNC(=O)C2CCC2)n1. The first-order valence-electron chi connectivity index (χ1n) is 5.94. The summed E-state index contributed by atoms with van der Waals surface area (Å²) in [6.07, 6.45) is 4.92. The van der Waals surface area contributed by atoms with Gasteiger partial charge < -0.3 is 10.2 Å². The molecule has 0 radical (unpaired) electrons. The molecule has 1 fully saturated rings. The highest BCUT2D eigenvalue weighted by molar-refractivity contribution is 5.79. The molecular formula is C12H18N4O. The Hall–Kier alpha value is -1.65. The highest BCUT2D eigenvalue weighted by Crippen LogP contribution is 2.26. The van der Waals surface area contributed by atoms with Crippen molar-refractivity contribution in [3.05, 3.63) is 18.1 Å². The summed E-state index contributed by atoms with van der Waals surface area (Å²) in [6, 6.07) is 1.84. The van der Waals surface area contributed by atoms with Crippen molar-refractivity contribution in [2.24, 2.45) is 5.92 Å². The highest BCUT2D eigenvalue weighted by Gasteiger charge is 2.24. The van der Waals surface area contributed by atoms with Gasteiger partial charge in [-0.15, -0.1) is 0 Å². The summed E-state index contributed by atoms with van der Waals surface area (Å²) in [6.45, 7) is 0.414. The summed E-state index contributed by atoms with van der Waals surface area (Å²) in [5, 5.41) is 2.88. The second-order valence-corrected chi connectivity index (χ2v) is 4.57. The maximum Gasteiger partial charge on any atom is 0.223 e. The number of rotatable bonds is 4. The summed E-state index contributed by atoms with van der Waals surface area (Å²) in [4.78, 5) is 22.0. The van der Waals surface area contributed by atoms with Crippen molar-refractivity contribution in [2.75, 3.05) is 19.0 Å². The van der Waals surface area contributed by atoms with Crippen molar-refractivity contribution in [1.29, 1.82) is 0 Å². The van der Waals surface area contributed by atoms with E-state index in [0.717, 1.165) is 18.7 Å². The van der Waals surface area contributed by atoms with Gasteiger partial charge in [0.25, 0.3) is 0 Å². The van der Waals surface area contributed by atoms with Crippen molar-refractivity contribution in [3.8, 4) is 0 Å². The fraction of sp³-hybridized carbons (Fsp3) is 0.583. The van der Waals surface area contributed by atoms with Crippen molar-refractivity contribution in [2.45, 2.75) is 25.8 Å². The number of nitrogens with zero attached hydrogens (tertiary/aromatic N) is 3. The Bertz CT molecular complexity index is 401. The monoisotopic (exact) mass is 234 g/mol. The van der Waals surface area contributed by atoms with Gasteiger partial charge >= 0.3 is 0 Å². The lowest BCUT2D eigenvalue weighted by Crippen LogP contribution is -2.34. The third-order valence-corrected chi connectivity index (χ3v) is 3.05. The Balaban J connectivity index is 1.89. The molecule has 0 spiro atoms. The minimum absolute atomic E-state index is 0.134. The van der Waals surface area contributed by atoms with Gasteiger partial charge in [-0.1, -0.05) is 6.42 Å². The second-order valence-electron chi connectivity index (χ2n) is 4.57. The van der Waals surface area contributed by atoms with Gasteiger partial charge in [0.1, 0.15) is 11.6 Å².